The van der Waals surface area contributed by atoms with E-state index in [4.69, 9.17) is 0 Å². The molecule has 1 heterocycles. The first-order valence-corrected chi connectivity index (χ1v) is 6.95. The van der Waals surface area contributed by atoms with E-state index in [2.05, 4.69) is 10.1 Å². The highest BCUT2D eigenvalue weighted by molar-refractivity contribution is 6.07. The third-order valence-electron chi connectivity index (χ3n) is 3.48. The Morgan fingerprint density at radius 2 is 1.87 bits per heavy atom. The summed E-state index contributed by atoms with van der Waals surface area (Å²) in [6.07, 6.45) is 0. The Morgan fingerprint density at radius 3 is 2.35 bits per heavy atom. The SMILES string of the molecule is CC(C)(O)CN1C(=O)N[C@@](C)(c2ccc(OC(F)F)cc2)C1=O. The number of hydrogen-bond acceptors (Lipinski definition) is 4. The van der Waals surface area contributed by atoms with Crippen LogP contribution in [0.5, 0.6) is 5.75 Å². The molecule has 0 bridgehead atoms. The van der Waals surface area contributed by atoms with Crippen molar-refractivity contribution in [3.8, 4) is 5.75 Å². The number of nitrogens with one attached hydrogen (secondary N) is 1. The van der Waals surface area contributed by atoms with Crippen LogP contribution in [-0.2, 0) is 10.3 Å². The van der Waals surface area contributed by atoms with E-state index in [1.165, 1.54) is 45.0 Å². The standard InChI is InChI=1S/C15H18F2N2O4/c1-14(2,22)8-19-11(20)15(3,18-13(19)21)9-4-6-10(7-5-9)23-12(16)17/h4-7,12,22H,8H2,1-3H3,(H,18,21)/t15-/m0/s1. The second-order valence-corrected chi connectivity index (χ2v) is 6.16. The first-order chi connectivity index (χ1) is 10.5. The largest absolute Gasteiger partial charge is 0.435 e. The number of hydrogen-bond donors (Lipinski definition) is 2. The fourth-order valence-electron chi connectivity index (χ4n) is 2.39. The lowest BCUT2D eigenvalue weighted by atomic mass is 9.92. The molecule has 6 nitrogen and oxygen atoms in total. The number of β-amino-alcohol motifs (C(OH)–C–C–N with tert-alkyl or cyclic N) is 1. The Morgan fingerprint density at radius 1 is 1.30 bits per heavy atom. The van der Waals surface area contributed by atoms with Crippen LogP contribution in [0.25, 0.3) is 0 Å². The number of halogens is 2. The highest BCUT2D eigenvalue weighted by Crippen LogP contribution is 2.31. The van der Waals surface area contributed by atoms with Gasteiger partial charge >= 0.3 is 12.6 Å². The molecule has 1 fully saturated rings. The number of carbonyl (C=O) groups is 2. The molecule has 2 rings (SSSR count). The molecule has 1 aromatic carbocycles. The number of carbonyl (C=O) groups excluding carboxylic acids is 2. The second-order valence-electron chi connectivity index (χ2n) is 6.16. The molecule has 23 heavy (non-hydrogen) atoms. The molecular weight excluding hydrogens is 310 g/mol. The molecule has 1 aliphatic heterocycles. The van der Waals surface area contributed by atoms with Gasteiger partial charge in [-0.3, -0.25) is 9.69 Å². The number of benzene rings is 1. The number of imide groups is 1. The van der Waals surface area contributed by atoms with Crippen LogP contribution in [0.15, 0.2) is 24.3 Å². The van der Waals surface area contributed by atoms with E-state index < -0.39 is 29.7 Å². The highest BCUT2D eigenvalue weighted by Gasteiger charge is 2.49. The number of alkyl halides is 2. The normalized spacial score (nSPS) is 21.8. The van der Waals surface area contributed by atoms with E-state index in [9.17, 15) is 23.5 Å². The number of nitrogens with zero attached hydrogens (tertiary/aromatic N) is 1. The van der Waals surface area contributed by atoms with Crippen molar-refractivity contribution in [3.05, 3.63) is 29.8 Å². The number of ether oxygens (including phenoxy) is 1. The van der Waals surface area contributed by atoms with Gasteiger partial charge in [-0.15, -0.1) is 0 Å². The van der Waals surface area contributed by atoms with E-state index in [0.29, 0.717) is 5.56 Å². The molecule has 2 N–H and O–H groups in total. The Bertz CT molecular complexity index is 613. The minimum atomic E-state index is -2.94. The molecule has 1 aliphatic rings. The minimum absolute atomic E-state index is 0.0440. The molecule has 0 spiro atoms. The third-order valence-corrected chi connectivity index (χ3v) is 3.48. The predicted octanol–water partition coefficient (Wildman–Crippen LogP) is 1.83. The van der Waals surface area contributed by atoms with Crippen LogP contribution in [0.2, 0.25) is 0 Å². The molecule has 0 aromatic heterocycles. The Balaban J connectivity index is 2.25. The summed E-state index contributed by atoms with van der Waals surface area (Å²) in [5, 5.41) is 12.4. The van der Waals surface area contributed by atoms with E-state index >= 15 is 0 Å². The van der Waals surface area contributed by atoms with Gasteiger partial charge in [-0.2, -0.15) is 8.78 Å². The van der Waals surface area contributed by atoms with Gasteiger partial charge < -0.3 is 15.2 Å². The number of amides is 3. The van der Waals surface area contributed by atoms with Crippen LogP contribution < -0.4 is 10.1 Å². The molecule has 1 aromatic rings. The molecule has 1 atom stereocenters. The second kappa shape index (κ2) is 5.77. The predicted molar refractivity (Wildman–Crippen MR) is 77.0 cm³/mol. The Kier molecular flexibility index (Phi) is 4.30. The average Bonchev–Trinajstić information content (AvgIpc) is 2.62. The van der Waals surface area contributed by atoms with Crippen molar-refractivity contribution in [3.63, 3.8) is 0 Å². The van der Waals surface area contributed by atoms with Crippen LogP contribution in [0, 0.1) is 0 Å². The van der Waals surface area contributed by atoms with Crippen molar-refractivity contribution in [2.75, 3.05) is 6.54 Å². The van der Waals surface area contributed by atoms with Gasteiger partial charge in [0.1, 0.15) is 11.3 Å². The molecule has 0 saturated carbocycles. The monoisotopic (exact) mass is 328 g/mol. The smallest absolute Gasteiger partial charge is 0.387 e. The third kappa shape index (κ3) is 3.58. The maximum atomic E-state index is 12.6. The minimum Gasteiger partial charge on any atom is -0.435 e. The molecule has 126 valence electrons. The summed E-state index contributed by atoms with van der Waals surface area (Å²) in [6.45, 7) is 1.39. The maximum absolute atomic E-state index is 12.6. The summed E-state index contributed by atoms with van der Waals surface area (Å²) in [6, 6.07) is 4.84. The van der Waals surface area contributed by atoms with Crippen LogP contribution in [0.4, 0.5) is 13.6 Å². The highest BCUT2D eigenvalue weighted by atomic mass is 19.3. The van der Waals surface area contributed by atoms with E-state index in [1.54, 1.807) is 0 Å². The van der Waals surface area contributed by atoms with Crippen molar-refractivity contribution < 1.29 is 28.2 Å². The van der Waals surface area contributed by atoms with Crippen molar-refractivity contribution in [1.82, 2.24) is 10.2 Å². The Hall–Kier alpha value is -2.22. The number of rotatable bonds is 5. The van der Waals surface area contributed by atoms with Crippen molar-refractivity contribution in [1.29, 1.82) is 0 Å². The summed E-state index contributed by atoms with van der Waals surface area (Å²) < 4.78 is 28.6. The fraction of sp³-hybridized carbons (Fsp3) is 0.467. The summed E-state index contributed by atoms with van der Waals surface area (Å²) >= 11 is 0. The maximum Gasteiger partial charge on any atom is 0.387 e. The van der Waals surface area contributed by atoms with Crippen LogP contribution >= 0.6 is 0 Å². The molecular formula is C15H18F2N2O4. The molecule has 8 heteroatoms. The quantitative estimate of drug-likeness (QED) is 0.808. The van der Waals surface area contributed by atoms with Gasteiger partial charge in [0.15, 0.2) is 0 Å². The van der Waals surface area contributed by atoms with Gasteiger partial charge in [0.05, 0.1) is 12.1 Å². The van der Waals surface area contributed by atoms with E-state index in [-0.39, 0.29) is 12.3 Å². The summed E-state index contributed by atoms with van der Waals surface area (Å²) in [5.41, 5.74) is -2.13. The lowest BCUT2D eigenvalue weighted by Gasteiger charge is -2.25. The van der Waals surface area contributed by atoms with Crippen molar-refractivity contribution in [2.24, 2.45) is 0 Å². The molecule has 0 radical (unpaired) electrons. The Labute approximate surface area is 132 Å². The molecule has 0 unspecified atom stereocenters. The topological polar surface area (TPSA) is 78.9 Å². The van der Waals surface area contributed by atoms with Gasteiger partial charge in [-0.05, 0) is 38.5 Å². The molecule has 0 aliphatic carbocycles. The first-order valence-electron chi connectivity index (χ1n) is 6.95. The van der Waals surface area contributed by atoms with Crippen molar-refractivity contribution in [2.45, 2.75) is 38.5 Å². The lowest BCUT2D eigenvalue weighted by Crippen LogP contribution is -2.44. The zero-order chi connectivity index (χ0) is 17.4. The van der Waals surface area contributed by atoms with Gasteiger partial charge in [0, 0.05) is 0 Å². The lowest BCUT2D eigenvalue weighted by molar-refractivity contribution is -0.133. The fourth-order valence-corrected chi connectivity index (χ4v) is 2.39. The van der Waals surface area contributed by atoms with Gasteiger partial charge in [0.25, 0.3) is 5.91 Å². The molecule has 3 amide bonds. The summed E-state index contributed by atoms with van der Waals surface area (Å²) in [7, 11) is 0. The number of aliphatic hydroxyl groups is 1. The van der Waals surface area contributed by atoms with E-state index in [0.717, 1.165) is 4.90 Å². The average molecular weight is 328 g/mol. The van der Waals surface area contributed by atoms with Crippen LogP contribution in [0.1, 0.15) is 26.3 Å². The zero-order valence-electron chi connectivity index (χ0n) is 13.0. The van der Waals surface area contributed by atoms with Crippen molar-refractivity contribution >= 4 is 11.9 Å². The molecule has 1 saturated heterocycles. The zero-order valence-corrected chi connectivity index (χ0v) is 13.0. The summed E-state index contributed by atoms with van der Waals surface area (Å²) in [5.74, 6) is -0.565. The van der Waals surface area contributed by atoms with Gasteiger partial charge in [-0.1, -0.05) is 12.1 Å². The van der Waals surface area contributed by atoms with Gasteiger partial charge in [-0.25, -0.2) is 4.79 Å². The van der Waals surface area contributed by atoms with E-state index in [1.807, 2.05) is 0 Å². The summed E-state index contributed by atoms with van der Waals surface area (Å²) in [4.78, 5) is 25.5. The van der Waals surface area contributed by atoms with Crippen LogP contribution in [0.3, 0.4) is 0 Å². The van der Waals surface area contributed by atoms with Crippen LogP contribution in [-0.4, -0.2) is 40.7 Å². The number of urea groups is 1. The van der Waals surface area contributed by atoms with Gasteiger partial charge in [0.2, 0.25) is 0 Å². The first kappa shape index (κ1) is 17.1.